The van der Waals surface area contributed by atoms with Crippen molar-refractivity contribution in [3.63, 3.8) is 0 Å². The Hall–Kier alpha value is -2.52. The Bertz CT molecular complexity index is 748. The van der Waals surface area contributed by atoms with E-state index in [0.29, 0.717) is 11.1 Å². The Morgan fingerprint density at radius 1 is 0.950 bits per heavy atom. The Kier molecular flexibility index (Phi) is 3.27. The first kappa shape index (κ1) is 12.5. The summed E-state index contributed by atoms with van der Waals surface area (Å²) in [5, 5.41) is 0.943. The van der Waals surface area contributed by atoms with Gasteiger partial charge in [-0.05, 0) is 17.7 Å². The van der Waals surface area contributed by atoms with Crippen molar-refractivity contribution in [2.75, 3.05) is 0 Å². The van der Waals surface area contributed by atoms with E-state index < -0.39 is 6.04 Å². The van der Waals surface area contributed by atoms with Crippen LogP contribution >= 0.6 is 0 Å². The molecule has 98 valence electrons. The van der Waals surface area contributed by atoms with Gasteiger partial charge >= 0.3 is 0 Å². The number of nitrogens with two attached hydrogens (primary N) is 1. The fraction of sp³-hybridized carbons (Fsp3) is 0.0588. The molecular formula is C17H14N2O. The summed E-state index contributed by atoms with van der Waals surface area (Å²) in [7, 11) is 0. The molecule has 3 heteroatoms. The monoisotopic (exact) mass is 262 g/mol. The van der Waals surface area contributed by atoms with Gasteiger partial charge in [-0.2, -0.15) is 0 Å². The lowest BCUT2D eigenvalue weighted by Gasteiger charge is -2.12. The summed E-state index contributed by atoms with van der Waals surface area (Å²) in [6.45, 7) is 0. The Morgan fingerprint density at radius 2 is 1.70 bits per heavy atom. The average molecular weight is 262 g/mol. The number of hydrogen-bond acceptors (Lipinski definition) is 3. The van der Waals surface area contributed by atoms with Gasteiger partial charge in [0.25, 0.3) is 0 Å². The van der Waals surface area contributed by atoms with Crippen LogP contribution in [0.15, 0.2) is 66.9 Å². The summed E-state index contributed by atoms with van der Waals surface area (Å²) in [6, 6.07) is 18.1. The minimum atomic E-state index is -0.663. The lowest BCUT2D eigenvalue weighted by atomic mass is 9.96. The number of benzene rings is 2. The van der Waals surface area contributed by atoms with Gasteiger partial charge in [0, 0.05) is 17.1 Å². The van der Waals surface area contributed by atoms with E-state index in [-0.39, 0.29) is 5.78 Å². The summed E-state index contributed by atoms with van der Waals surface area (Å²) < 4.78 is 0. The quantitative estimate of drug-likeness (QED) is 0.738. The lowest BCUT2D eigenvalue weighted by Crippen LogP contribution is -2.21. The maximum atomic E-state index is 12.6. The maximum absolute atomic E-state index is 12.6. The van der Waals surface area contributed by atoms with E-state index in [0.717, 1.165) is 10.9 Å². The minimum Gasteiger partial charge on any atom is -0.318 e. The van der Waals surface area contributed by atoms with Crippen LogP contribution in [-0.4, -0.2) is 10.8 Å². The Balaban J connectivity index is 2.05. The smallest absolute Gasteiger partial charge is 0.186 e. The molecule has 2 N–H and O–H groups in total. The molecule has 2 aromatic carbocycles. The topological polar surface area (TPSA) is 56.0 Å². The zero-order chi connectivity index (χ0) is 13.9. The molecule has 0 saturated carbocycles. The molecule has 3 aromatic rings. The first-order valence-corrected chi connectivity index (χ1v) is 6.46. The van der Waals surface area contributed by atoms with Gasteiger partial charge in [0.05, 0.1) is 11.6 Å². The summed E-state index contributed by atoms with van der Waals surface area (Å²) in [6.07, 6.45) is 1.69. The molecule has 0 aliphatic carbocycles. The van der Waals surface area contributed by atoms with Gasteiger partial charge < -0.3 is 5.73 Å². The molecular weight excluding hydrogens is 248 g/mol. The highest BCUT2D eigenvalue weighted by atomic mass is 16.1. The predicted molar refractivity (Wildman–Crippen MR) is 79.4 cm³/mol. The molecule has 0 radical (unpaired) electrons. The Labute approximate surface area is 117 Å². The van der Waals surface area contributed by atoms with Gasteiger partial charge in [-0.15, -0.1) is 0 Å². The third-order valence-corrected chi connectivity index (χ3v) is 3.34. The highest BCUT2D eigenvalue weighted by molar-refractivity contribution is 6.09. The van der Waals surface area contributed by atoms with E-state index in [1.807, 2.05) is 54.6 Å². The molecule has 1 aromatic heterocycles. The molecule has 0 aliphatic rings. The van der Waals surface area contributed by atoms with Crippen molar-refractivity contribution < 1.29 is 4.79 Å². The molecule has 3 nitrogen and oxygen atoms in total. The van der Waals surface area contributed by atoms with E-state index in [2.05, 4.69) is 4.98 Å². The molecule has 0 saturated heterocycles. The molecule has 0 amide bonds. The number of carbonyl (C=O) groups is 1. The van der Waals surface area contributed by atoms with E-state index >= 15 is 0 Å². The predicted octanol–water partition coefficient (Wildman–Crippen LogP) is 3.12. The summed E-state index contributed by atoms with van der Waals surface area (Å²) in [5.74, 6) is -0.111. The van der Waals surface area contributed by atoms with Crippen LogP contribution in [-0.2, 0) is 0 Å². The summed E-state index contributed by atoms with van der Waals surface area (Å²) in [5.41, 5.74) is 8.16. The van der Waals surface area contributed by atoms with Crippen molar-refractivity contribution >= 4 is 16.7 Å². The van der Waals surface area contributed by atoms with Crippen molar-refractivity contribution in [3.8, 4) is 0 Å². The molecule has 3 rings (SSSR count). The molecule has 20 heavy (non-hydrogen) atoms. The van der Waals surface area contributed by atoms with Crippen molar-refractivity contribution in [1.82, 2.24) is 4.98 Å². The summed E-state index contributed by atoms with van der Waals surface area (Å²) in [4.78, 5) is 16.9. The van der Waals surface area contributed by atoms with Gasteiger partial charge in [-0.1, -0.05) is 48.5 Å². The van der Waals surface area contributed by atoms with Crippen LogP contribution in [0.5, 0.6) is 0 Å². The van der Waals surface area contributed by atoms with Crippen molar-refractivity contribution in [2.24, 2.45) is 5.73 Å². The number of nitrogens with zero attached hydrogens (tertiary/aromatic N) is 1. The second kappa shape index (κ2) is 5.23. The van der Waals surface area contributed by atoms with Gasteiger partial charge in [-0.3, -0.25) is 9.78 Å². The number of pyridine rings is 1. The molecule has 0 aliphatic heterocycles. The van der Waals surface area contributed by atoms with Crippen LogP contribution in [0.4, 0.5) is 0 Å². The Morgan fingerprint density at radius 3 is 2.50 bits per heavy atom. The van der Waals surface area contributed by atoms with Crippen LogP contribution in [0, 0.1) is 0 Å². The summed E-state index contributed by atoms with van der Waals surface area (Å²) >= 11 is 0. The first-order valence-electron chi connectivity index (χ1n) is 6.46. The van der Waals surface area contributed by atoms with Crippen LogP contribution in [0.1, 0.15) is 22.0 Å². The van der Waals surface area contributed by atoms with E-state index in [9.17, 15) is 4.79 Å². The zero-order valence-corrected chi connectivity index (χ0v) is 10.9. The highest BCUT2D eigenvalue weighted by Crippen LogP contribution is 2.21. The van der Waals surface area contributed by atoms with Gasteiger partial charge in [0.15, 0.2) is 5.78 Å². The van der Waals surface area contributed by atoms with Crippen molar-refractivity contribution in [2.45, 2.75) is 6.04 Å². The minimum absolute atomic E-state index is 0.111. The molecule has 0 bridgehead atoms. The molecule has 0 spiro atoms. The number of hydrogen-bond donors (Lipinski definition) is 1. The molecule has 1 atom stereocenters. The maximum Gasteiger partial charge on any atom is 0.186 e. The van der Waals surface area contributed by atoms with Crippen molar-refractivity contribution in [3.05, 3.63) is 78.0 Å². The van der Waals surface area contributed by atoms with Gasteiger partial charge in [0.1, 0.15) is 0 Å². The number of aromatic nitrogens is 1. The fourth-order valence-electron chi connectivity index (χ4n) is 2.28. The van der Waals surface area contributed by atoms with Crippen molar-refractivity contribution in [1.29, 1.82) is 0 Å². The van der Waals surface area contributed by atoms with Crippen LogP contribution in [0.25, 0.3) is 10.9 Å². The van der Waals surface area contributed by atoms with Gasteiger partial charge in [0.2, 0.25) is 0 Å². The molecule has 1 unspecified atom stereocenters. The number of rotatable bonds is 3. The average Bonchev–Trinajstić information content (AvgIpc) is 2.54. The normalized spacial score (nSPS) is 12.2. The van der Waals surface area contributed by atoms with Crippen LogP contribution < -0.4 is 5.73 Å². The van der Waals surface area contributed by atoms with E-state index in [4.69, 9.17) is 5.73 Å². The third kappa shape index (κ3) is 2.19. The molecule has 0 fully saturated rings. The van der Waals surface area contributed by atoms with E-state index in [1.165, 1.54) is 0 Å². The highest BCUT2D eigenvalue weighted by Gasteiger charge is 2.19. The van der Waals surface area contributed by atoms with E-state index in [1.54, 1.807) is 12.3 Å². The SMILES string of the molecule is NC(C(=O)c1cccc2cccnc12)c1ccccc1. The standard InChI is InChI=1S/C17H14N2O/c18-15(12-6-2-1-3-7-12)17(20)14-10-4-8-13-9-5-11-19-16(13)14/h1-11,15H,18H2. The molecule has 1 heterocycles. The number of Topliss-reactive ketones (excluding diaryl/α,β-unsaturated/α-hetero) is 1. The number of fused-ring (bicyclic) bond motifs is 1. The second-order valence-corrected chi connectivity index (χ2v) is 4.63. The zero-order valence-electron chi connectivity index (χ0n) is 10.9. The number of carbonyl (C=O) groups excluding carboxylic acids is 1. The fourth-order valence-corrected chi connectivity index (χ4v) is 2.28. The largest absolute Gasteiger partial charge is 0.318 e. The van der Waals surface area contributed by atoms with Gasteiger partial charge in [-0.25, -0.2) is 0 Å². The second-order valence-electron chi connectivity index (χ2n) is 4.63. The van der Waals surface area contributed by atoms with Crippen LogP contribution in [0.2, 0.25) is 0 Å². The number of ketones is 1. The number of para-hydroxylation sites is 1. The van der Waals surface area contributed by atoms with Crippen LogP contribution in [0.3, 0.4) is 0 Å². The third-order valence-electron chi connectivity index (χ3n) is 3.34. The first-order chi connectivity index (χ1) is 9.77. The lowest BCUT2D eigenvalue weighted by molar-refractivity contribution is 0.0963.